The Morgan fingerprint density at radius 1 is 0.905 bits per heavy atom. The van der Waals surface area contributed by atoms with Crippen LogP contribution in [0, 0.1) is 6.92 Å². The van der Waals surface area contributed by atoms with E-state index < -0.39 is 6.17 Å². The van der Waals surface area contributed by atoms with Gasteiger partial charge in [0.05, 0.1) is 33.5 Å². The minimum Gasteiger partial charge on any atom is -0.355 e. The number of alkyl halides is 1. The van der Waals surface area contributed by atoms with Crippen LogP contribution in [-0.4, -0.2) is 114 Å². The third-order valence-corrected chi connectivity index (χ3v) is 10.4. The molecular weight excluding hydrogens is 579 g/mol. The normalized spacial score (nSPS) is 19.7. The molecule has 6 rings (SSSR count). The van der Waals surface area contributed by atoms with Crippen LogP contribution in [0.5, 0.6) is 0 Å². The highest BCUT2D eigenvalue weighted by molar-refractivity contribution is 7.24. The molecule has 3 aliphatic rings. The molecule has 2 aromatic heterocycles. The highest BCUT2D eigenvalue weighted by Crippen LogP contribution is 2.37. The van der Waals surface area contributed by atoms with Crippen LogP contribution in [0.25, 0.3) is 20.4 Å². The van der Waals surface area contributed by atoms with Gasteiger partial charge in [0, 0.05) is 63.8 Å². The molecule has 226 valence electrons. The van der Waals surface area contributed by atoms with Crippen LogP contribution in [-0.2, 0) is 14.4 Å². The van der Waals surface area contributed by atoms with Gasteiger partial charge in [-0.25, -0.2) is 14.4 Å². The second kappa shape index (κ2) is 12.6. The number of anilines is 2. The molecule has 0 atom stereocenters. The standard InChI is InChI=1S/C28H37FN8O3S2/c1-17-25-20(41-27(33-25)31-15-23(39)36-8-2-18(29)3-9-36)14-21-26(17)34-28(42-21)32-16-24(40)37-10-4-19(5-11-37)35-12-6-22(38)30-7-13-35/h14,18-19H,2-13,15-16H2,1H3,(H,30,38)(H,31,33)(H,32,34). The Morgan fingerprint density at radius 3 is 2.02 bits per heavy atom. The van der Waals surface area contributed by atoms with Crippen LogP contribution in [0.3, 0.4) is 0 Å². The number of nitrogens with zero attached hydrogens (tertiary/aromatic N) is 5. The Bertz CT molecular complexity index is 1460. The van der Waals surface area contributed by atoms with E-state index in [2.05, 4.69) is 26.9 Å². The van der Waals surface area contributed by atoms with Crippen molar-refractivity contribution in [2.24, 2.45) is 0 Å². The first-order valence-corrected chi connectivity index (χ1v) is 16.4. The van der Waals surface area contributed by atoms with Gasteiger partial charge in [0.1, 0.15) is 6.17 Å². The number of aromatic nitrogens is 2. The van der Waals surface area contributed by atoms with Gasteiger partial charge in [-0.05, 0) is 38.7 Å². The number of hydrogen-bond donors (Lipinski definition) is 3. The summed E-state index contributed by atoms with van der Waals surface area (Å²) in [7, 11) is 0. The van der Waals surface area contributed by atoms with Gasteiger partial charge in [0.25, 0.3) is 0 Å². The molecule has 3 amide bonds. The lowest BCUT2D eigenvalue weighted by Crippen LogP contribution is -2.48. The number of thiazole rings is 2. The molecule has 11 nitrogen and oxygen atoms in total. The number of rotatable bonds is 7. The maximum Gasteiger partial charge on any atom is 0.241 e. The van der Waals surface area contributed by atoms with Crippen molar-refractivity contribution >= 4 is 71.1 Å². The third kappa shape index (κ3) is 6.45. The van der Waals surface area contributed by atoms with E-state index in [9.17, 15) is 18.8 Å². The van der Waals surface area contributed by atoms with Crippen molar-refractivity contribution in [1.29, 1.82) is 0 Å². The molecule has 0 radical (unpaired) electrons. The molecular formula is C28H37FN8O3S2. The lowest BCUT2D eigenvalue weighted by atomic mass is 10.0. The molecule has 0 spiro atoms. The molecule has 0 saturated carbocycles. The molecule has 3 N–H and O–H groups in total. The largest absolute Gasteiger partial charge is 0.355 e. The summed E-state index contributed by atoms with van der Waals surface area (Å²) < 4.78 is 15.4. The number of carbonyl (C=O) groups is 3. The van der Waals surface area contributed by atoms with E-state index in [1.165, 1.54) is 22.7 Å². The molecule has 0 unspecified atom stereocenters. The zero-order valence-corrected chi connectivity index (χ0v) is 25.4. The first-order valence-electron chi connectivity index (χ1n) is 14.7. The minimum absolute atomic E-state index is 0.0391. The number of amides is 3. The average Bonchev–Trinajstić information content (AvgIpc) is 3.54. The monoisotopic (exact) mass is 616 g/mol. The van der Waals surface area contributed by atoms with Crippen molar-refractivity contribution < 1.29 is 18.8 Å². The zero-order chi connectivity index (χ0) is 29.2. The first kappa shape index (κ1) is 29.0. The van der Waals surface area contributed by atoms with E-state index in [0.717, 1.165) is 65.0 Å². The van der Waals surface area contributed by atoms with E-state index in [1.54, 1.807) is 4.90 Å². The number of aryl methyl sites for hydroxylation is 1. The summed E-state index contributed by atoms with van der Waals surface area (Å²) in [6.07, 6.45) is 2.39. The predicted octanol–water partition coefficient (Wildman–Crippen LogP) is 2.81. The Morgan fingerprint density at radius 2 is 1.45 bits per heavy atom. The smallest absolute Gasteiger partial charge is 0.241 e. The van der Waals surface area contributed by atoms with E-state index in [1.807, 2.05) is 11.8 Å². The van der Waals surface area contributed by atoms with E-state index in [-0.39, 0.29) is 30.8 Å². The fourth-order valence-corrected chi connectivity index (χ4v) is 8.03. The number of piperidine rings is 2. The highest BCUT2D eigenvalue weighted by Gasteiger charge is 2.28. The molecule has 3 fully saturated rings. The van der Waals surface area contributed by atoms with Gasteiger partial charge in [-0.15, -0.1) is 0 Å². The number of hydrogen-bond acceptors (Lipinski definition) is 10. The van der Waals surface area contributed by atoms with Crippen molar-refractivity contribution in [3.63, 3.8) is 0 Å². The van der Waals surface area contributed by atoms with Crippen LogP contribution in [0.2, 0.25) is 0 Å². The Hall–Kier alpha value is -3.10. The summed E-state index contributed by atoms with van der Waals surface area (Å²) >= 11 is 3.01. The Labute approximate surface area is 251 Å². The topological polar surface area (TPSA) is 123 Å². The number of likely N-dealkylation sites (tertiary alicyclic amines) is 2. The quantitative estimate of drug-likeness (QED) is 0.371. The van der Waals surface area contributed by atoms with Crippen LogP contribution < -0.4 is 16.0 Å². The maximum absolute atomic E-state index is 13.4. The second-order valence-corrected chi connectivity index (χ2v) is 13.3. The van der Waals surface area contributed by atoms with Crippen molar-refractivity contribution in [2.75, 3.05) is 69.5 Å². The maximum atomic E-state index is 13.4. The van der Waals surface area contributed by atoms with Gasteiger partial charge in [-0.1, -0.05) is 22.7 Å². The fraction of sp³-hybridized carbons (Fsp3) is 0.607. The lowest BCUT2D eigenvalue weighted by molar-refractivity contribution is -0.131. The number of fused-ring (bicyclic) bond motifs is 2. The molecule has 3 aromatic rings. The number of halogens is 1. The van der Waals surface area contributed by atoms with Gasteiger partial charge < -0.3 is 25.8 Å². The van der Waals surface area contributed by atoms with Crippen LogP contribution in [0.15, 0.2) is 6.07 Å². The first-order chi connectivity index (χ1) is 20.3. The number of benzene rings is 1. The number of nitrogens with one attached hydrogen (secondary N) is 3. The lowest BCUT2D eigenvalue weighted by Gasteiger charge is -2.38. The third-order valence-electron chi connectivity index (χ3n) is 8.52. The van der Waals surface area contributed by atoms with Crippen molar-refractivity contribution in [3.8, 4) is 0 Å². The van der Waals surface area contributed by atoms with Gasteiger partial charge in [0.15, 0.2) is 10.3 Å². The van der Waals surface area contributed by atoms with Crippen LogP contribution >= 0.6 is 22.7 Å². The van der Waals surface area contributed by atoms with Gasteiger partial charge in [0.2, 0.25) is 17.7 Å². The molecule has 14 heteroatoms. The summed E-state index contributed by atoms with van der Waals surface area (Å²) in [5, 5.41) is 10.7. The van der Waals surface area contributed by atoms with Crippen molar-refractivity contribution in [1.82, 2.24) is 30.0 Å². The van der Waals surface area contributed by atoms with E-state index in [4.69, 9.17) is 9.97 Å². The molecule has 1 aromatic carbocycles. The van der Waals surface area contributed by atoms with Gasteiger partial charge >= 0.3 is 0 Å². The van der Waals surface area contributed by atoms with E-state index in [0.29, 0.717) is 55.2 Å². The predicted molar refractivity (Wildman–Crippen MR) is 164 cm³/mol. The number of carbonyl (C=O) groups excluding carboxylic acids is 3. The molecule has 5 heterocycles. The Balaban J connectivity index is 1.02. The summed E-state index contributed by atoms with van der Waals surface area (Å²) in [5.74, 6) is 0.150. The van der Waals surface area contributed by atoms with Crippen molar-refractivity contribution in [3.05, 3.63) is 11.6 Å². The van der Waals surface area contributed by atoms with Gasteiger partial charge in [-0.3, -0.25) is 19.3 Å². The van der Waals surface area contributed by atoms with Crippen LogP contribution in [0.1, 0.15) is 37.7 Å². The molecule has 42 heavy (non-hydrogen) atoms. The molecule has 3 aliphatic heterocycles. The van der Waals surface area contributed by atoms with Crippen molar-refractivity contribution in [2.45, 2.75) is 51.2 Å². The Kier molecular flexibility index (Phi) is 8.72. The molecule has 0 bridgehead atoms. The second-order valence-electron chi connectivity index (χ2n) is 11.2. The highest BCUT2D eigenvalue weighted by atomic mass is 32.1. The minimum atomic E-state index is -0.807. The molecule has 0 aliphatic carbocycles. The van der Waals surface area contributed by atoms with E-state index >= 15 is 0 Å². The molecule has 3 saturated heterocycles. The average molecular weight is 617 g/mol. The summed E-state index contributed by atoms with van der Waals surface area (Å²) in [6.45, 7) is 7.06. The summed E-state index contributed by atoms with van der Waals surface area (Å²) in [5.41, 5.74) is 2.67. The SMILES string of the molecule is Cc1c2nc(NCC(=O)N3CCC(F)CC3)sc2cc2sc(NCC(=O)N3CCC(N4CCNC(=O)CC4)CC3)nc12. The van der Waals surface area contributed by atoms with Crippen LogP contribution in [0.4, 0.5) is 14.7 Å². The fourth-order valence-electron chi connectivity index (χ4n) is 6.03. The zero-order valence-electron chi connectivity index (χ0n) is 23.8. The van der Waals surface area contributed by atoms with Gasteiger partial charge in [-0.2, -0.15) is 0 Å². The summed E-state index contributed by atoms with van der Waals surface area (Å²) in [4.78, 5) is 52.6. The summed E-state index contributed by atoms with van der Waals surface area (Å²) in [6, 6.07) is 2.48.